The van der Waals surface area contributed by atoms with Crippen LogP contribution >= 0.6 is 0 Å². The summed E-state index contributed by atoms with van der Waals surface area (Å²) < 4.78 is 102. The van der Waals surface area contributed by atoms with Crippen molar-refractivity contribution in [3.8, 4) is 22.6 Å². The molecule has 0 amide bonds. The van der Waals surface area contributed by atoms with Gasteiger partial charge in [0.05, 0.1) is 19.3 Å². The third-order valence-corrected chi connectivity index (χ3v) is 6.62. The Morgan fingerprint density at radius 1 is 0.737 bits per heavy atom. The number of halogens is 6. The summed E-state index contributed by atoms with van der Waals surface area (Å²) in [5, 5.41) is 0. The average Bonchev–Trinajstić information content (AvgIpc) is 2.91. The number of carbonyl (C=O) groups is 1. The van der Waals surface area contributed by atoms with Gasteiger partial charge in [0.25, 0.3) is 0 Å². The highest BCUT2D eigenvalue weighted by Gasteiger charge is 2.30. The van der Waals surface area contributed by atoms with Gasteiger partial charge in [0.1, 0.15) is 6.10 Å². The van der Waals surface area contributed by atoms with E-state index in [2.05, 4.69) is 4.74 Å². The summed E-state index contributed by atoms with van der Waals surface area (Å²) in [6.07, 6.45) is 0.561. The molecule has 1 fully saturated rings. The minimum atomic E-state index is -1.38. The van der Waals surface area contributed by atoms with Gasteiger partial charge in [-0.2, -0.15) is 8.78 Å². The maximum Gasteiger partial charge on any atom is 0.341 e. The van der Waals surface area contributed by atoms with Crippen LogP contribution in [0.2, 0.25) is 0 Å². The number of hydrogen-bond donors (Lipinski definition) is 0. The molecule has 1 aliphatic rings. The van der Waals surface area contributed by atoms with Gasteiger partial charge < -0.3 is 14.2 Å². The third-order valence-electron chi connectivity index (χ3n) is 6.62. The second kappa shape index (κ2) is 11.4. The maximum absolute atomic E-state index is 15.0. The zero-order valence-electron chi connectivity index (χ0n) is 20.6. The Morgan fingerprint density at radius 2 is 1.32 bits per heavy atom. The summed E-state index contributed by atoms with van der Waals surface area (Å²) in [4.78, 5) is 12.4. The molecule has 1 aliphatic carbocycles. The Hall–Kier alpha value is -3.69. The van der Waals surface area contributed by atoms with Gasteiger partial charge in [-0.15, -0.1) is 0 Å². The molecule has 0 atom stereocenters. The molecule has 0 N–H and O–H groups in total. The first-order valence-corrected chi connectivity index (χ1v) is 12.0. The molecule has 10 heteroatoms. The first-order chi connectivity index (χ1) is 18.2. The van der Waals surface area contributed by atoms with Crippen molar-refractivity contribution in [1.82, 2.24) is 0 Å². The molecule has 0 spiro atoms. The van der Waals surface area contributed by atoms with Crippen LogP contribution in [0, 0.1) is 34.9 Å². The molecule has 0 heterocycles. The fourth-order valence-corrected chi connectivity index (χ4v) is 4.65. The molecule has 3 aromatic rings. The fourth-order valence-electron chi connectivity index (χ4n) is 4.65. The molecular formula is C28H24F6O4. The van der Waals surface area contributed by atoms with Crippen molar-refractivity contribution < 1.29 is 45.3 Å². The molecule has 3 aromatic carbocycles. The van der Waals surface area contributed by atoms with Crippen molar-refractivity contribution in [3.05, 3.63) is 82.4 Å². The van der Waals surface area contributed by atoms with E-state index in [9.17, 15) is 26.7 Å². The zero-order valence-corrected chi connectivity index (χ0v) is 20.6. The van der Waals surface area contributed by atoms with Crippen molar-refractivity contribution in [1.29, 1.82) is 0 Å². The van der Waals surface area contributed by atoms with Crippen LogP contribution in [-0.2, 0) is 4.74 Å². The summed E-state index contributed by atoms with van der Waals surface area (Å²) >= 11 is 0. The van der Waals surface area contributed by atoms with Gasteiger partial charge in [0.2, 0.25) is 11.6 Å². The van der Waals surface area contributed by atoms with Crippen molar-refractivity contribution in [3.63, 3.8) is 0 Å². The molecule has 0 unspecified atom stereocenters. The first-order valence-electron chi connectivity index (χ1n) is 12.0. The van der Waals surface area contributed by atoms with E-state index in [-0.39, 0.29) is 36.5 Å². The largest absolute Gasteiger partial charge is 0.494 e. The van der Waals surface area contributed by atoms with E-state index in [1.807, 2.05) is 0 Å². The van der Waals surface area contributed by atoms with E-state index in [4.69, 9.17) is 9.47 Å². The maximum atomic E-state index is 15.0. The van der Waals surface area contributed by atoms with Gasteiger partial charge in [0.15, 0.2) is 34.8 Å². The van der Waals surface area contributed by atoms with E-state index < -0.39 is 69.6 Å². The normalized spacial score (nSPS) is 17.3. The molecule has 1 saturated carbocycles. The quantitative estimate of drug-likeness (QED) is 0.231. The molecule has 0 radical (unpaired) electrons. The van der Waals surface area contributed by atoms with E-state index in [1.165, 1.54) is 12.1 Å². The van der Waals surface area contributed by atoms with Gasteiger partial charge in [-0.25, -0.2) is 22.4 Å². The lowest BCUT2D eigenvalue weighted by atomic mass is 9.82. The second-order valence-electron chi connectivity index (χ2n) is 8.82. The van der Waals surface area contributed by atoms with Crippen LogP contribution in [0.1, 0.15) is 54.4 Å². The minimum absolute atomic E-state index is 0.0612. The first kappa shape index (κ1) is 27.3. The third kappa shape index (κ3) is 5.16. The summed E-state index contributed by atoms with van der Waals surface area (Å²) in [5.41, 5.74) is -1.38. The van der Waals surface area contributed by atoms with Gasteiger partial charge in [-0.3, -0.25) is 0 Å². The number of carbonyl (C=O) groups excluding carboxylic acids is 1. The van der Waals surface area contributed by atoms with Crippen molar-refractivity contribution in [2.24, 2.45) is 0 Å². The number of ether oxygens (including phenoxy) is 3. The molecule has 0 aliphatic heterocycles. The smallest absolute Gasteiger partial charge is 0.341 e. The molecule has 202 valence electrons. The van der Waals surface area contributed by atoms with Gasteiger partial charge in [0, 0.05) is 11.1 Å². The monoisotopic (exact) mass is 538 g/mol. The number of hydrogen-bond acceptors (Lipinski definition) is 4. The highest BCUT2D eigenvalue weighted by Crippen LogP contribution is 2.39. The lowest BCUT2D eigenvalue weighted by Crippen LogP contribution is -2.25. The van der Waals surface area contributed by atoms with Crippen molar-refractivity contribution >= 4 is 5.97 Å². The van der Waals surface area contributed by atoms with Crippen LogP contribution in [0.3, 0.4) is 0 Å². The molecular weight excluding hydrogens is 514 g/mol. The summed E-state index contributed by atoms with van der Waals surface area (Å²) in [7, 11) is 1.16. The molecule has 38 heavy (non-hydrogen) atoms. The van der Waals surface area contributed by atoms with Crippen LogP contribution in [0.25, 0.3) is 11.1 Å². The molecule has 4 rings (SSSR count). The summed E-state index contributed by atoms with van der Waals surface area (Å²) in [6, 6.07) is 6.97. The fraction of sp³-hybridized carbons (Fsp3) is 0.321. The Bertz CT molecular complexity index is 1350. The summed E-state index contributed by atoms with van der Waals surface area (Å²) in [6.45, 7) is 1.70. The highest BCUT2D eigenvalue weighted by atomic mass is 19.2. The minimum Gasteiger partial charge on any atom is -0.494 e. The lowest BCUT2D eigenvalue weighted by Gasteiger charge is -2.29. The SMILES string of the molecule is CCOc1ccc(-c2ccc(C3CCC(OC(=O)c4ccc(OC)c(F)c4F)CC3)c(F)c2F)c(F)c1F. The number of esters is 1. The predicted octanol–water partition coefficient (Wildman–Crippen LogP) is 7.48. The van der Waals surface area contributed by atoms with Gasteiger partial charge in [-0.05, 0) is 68.4 Å². The number of benzene rings is 3. The Balaban J connectivity index is 1.45. The van der Waals surface area contributed by atoms with Gasteiger partial charge in [-0.1, -0.05) is 12.1 Å². The Labute approximate surface area is 215 Å². The molecule has 0 bridgehead atoms. The van der Waals surface area contributed by atoms with E-state index in [1.54, 1.807) is 6.92 Å². The van der Waals surface area contributed by atoms with Gasteiger partial charge >= 0.3 is 5.97 Å². The standard InChI is InChI=1S/C28H24F6O4/c1-3-37-21-13-10-18(24(31)27(21)34)17-9-8-16(22(29)23(17)30)14-4-6-15(7-5-14)38-28(35)19-11-12-20(36-2)26(33)25(19)32/h8-15H,3-7H2,1-2H3. The number of methoxy groups -OCH3 is 1. The van der Waals surface area contributed by atoms with E-state index in [0.29, 0.717) is 12.8 Å². The van der Waals surface area contributed by atoms with E-state index >= 15 is 4.39 Å². The molecule has 0 saturated heterocycles. The van der Waals surface area contributed by atoms with Crippen LogP contribution in [0.5, 0.6) is 11.5 Å². The highest BCUT2D eigenvalue weighted by molar-refractivity contribution is 5.90. The molecule has 0 aromatic heterocycles. The Morgan fingerprint density at radius 3 is 1.95 bits per heavy atom. The zero-order chi connectivity index (χ0) is 27.6. The molecule has 4 nitrogen and oxygen atoms in total. The van der Waals surface area contributed by atoms with Crippen LogP contribution < -0.4 is 9.47 Å². The second-order valence-corrected chi connectivity index (χ2v) is 8.82. The van der Waals surface area contributed by atoms with Crippen molar-refractivity contribution in [2.45, 2.75) is 44.6 Å². The number of rotatable bonds is 7. The summed E-state index contributed by atoms with van der Waals surface area (Å²) in [5.74, 6) is -9.97. The van der Waals surface area contributed by atoms with E-state index in [0.717, 1.165) is 31.4 Å². The van der Waals surface area contributed by atoms with Crippen molar-refractivity contribution in [2.75, 3.05) is 13.7 Å². The van der Waals surface area contributed by atoms with Crippen LogP contribution in [0.15, 0.2) is 36.4 Å². The van der Waals surface area contributed by atoms with Crippen LogP contribution in [-0.4, -0.2) is 25.8 Å². The topological polar surface area (TPSA) is 44.8 Å². The predicted molar refractivity (Wildman–Crippen MR) is 126 cm³/mol. The van der Waals surface area contributed by atoms with Crippen LogP contribution in [0.4, 0.5) is 26.3 Å². The lowest BCUT2D eigenvalue weighted by molar-refractivity contribution is 0.0188. The Kier molecular flexibility index (Phi) is 8.18. The average molecular weight is 538 g/mol.